The minimum absolute atomic E-state index is 0.0150. The lowest BCUT2D eigenvalue weighted by molar-refractivity contribution is -0.438. The van der Waals surface area contributed by atoms with Gasteiger partial charge in [-0.3, -0.25) is 32.4 Å². The first-order valence-electron chi connectivity index (χ1n) is 23.3. The minimum atomic E-state index is -5.11. The van der Waals surface area contributed by atoms with Crippen molar-refractivity contribution in [3.8, 4) is 0 Å². The van der Waals surface area contributed by atoms with E-state index < -0.39 is 105 Å². The fourth-order valence-electron chi connectivity index (χ4n) is 10.3. The number of amides is 2. The highest BCUT2D eigenvalue weighted by Gasteiger charge is 2.47. The predicted molar refractivity (Wildman–Crippen MR) is 274 cm³/mol. The highest BCUT2D eigenvalue weighted by Crippen LogP contribution is 2.54. The number of rotatable bonds is 21. The third-order valence-electron chi connectivity index (χ3n) is 13.6. The largest absolute Gasteiger partial charge is 0.383 e. The quantitative estimate of drug-likeness (QED) is 0.0222. The second kappa shape index (κ2) is 21.2. The maximum Gasteiger partial charge on any atom is 0.333 e. The van der Waals surface area contributed by atoms with Crippen molar-refractivity contribution in [3.05, 3.63) is 95.7 Å². The molecule has 23 nitrogen and oxygen atoms in total. The lowest BCUT2D eigenvalue weighted by atomic mass is 9.75. The molecular weight excluding hydrogens is 1100 g/mol. The van der Waals surface area contributed by atoms with Crippen LogP contribution in [0.1, 0.15) is 83.3 Å². The summed E-state index contributed by atoms with van der Waals surface area (Å²) in [6, 6.07) is 9.30. The zero-order chi connectivity index (χ0) is 56.1. The van der Waals surface area contributed by atoms with Crippen molar-refractivity contribution in [1.82, 2.24) is 5.06 Å². The maximum absolute atomic E-state index is 12.7. The van der Waals surface area contributed by atoms with Gasteiger partial charge < -0.3 is 14.5 Å². The molecule has 3 aliphatic heterocycles. The molecule has 0 saturated carbocycles. The highest BCUT2D eigenvalue weighted by molar-refractivity contribution is 7.87. The van der Waals surface area contributed by atoms with E-state index in [0.29, 0.717) is 63.9 Å². The summed E-state index contributed by atoms with van der Waals surface area (Å²) in [7, 11) is -23.3. The molecule has 3 aliphatic rings. The van der Waals surface area contributed by atoms with E-state index in [4.69, 9.17) is 9.57 Å². The Morgan fingerprint density at radius 2 is 1.25 bits per heavy atom. The van der Waals surface area contributed by atoms with E-state index in [2.05, 4.69) is 0 Å². The molecule has 76 heavy (non-hydrogen) atoms. The first-order chi connectivity index (χ1) is 35.2. The molecule has 7 rings (SSSR count). The van der Waals surface area contributed by atoms with Gasteiger partial charge in [-0.25, -0.2) is 4.79 Å². The number of nitrogens with zero attached hydrogens (tertiary/aromatic N) is 3. The summed E-state index contributed by atoms with van der Waals surface area (Å²) in [5, 5.41) is 0.367. The van der Waals surface area contributed by atoms with Gasteiger partial charge in [-0.05, 0) is 105 Å². The number of methoxy groups -OCH3 is 1. The van der Waals surface area contributed by atoms with Crippen LogP contribution in [0.4, 0.5) is 11.4 Å². The number of carbonyl (C=O) groups is 3. The van der Waals surface area contributed by atoms with E-state index >= 15 is 0 Å². The smallest absolute Gasteiger partial charge is 0.333 e. The van der Waals surface area contributed by atoms with Gasteiger partial charge in [-0.15, -0.1) is 5.06 Å². The number of unbranched alkanes of at least 4 members (excludes halogenated alkanes) is 2. The number of anilines is 1. The summed E-state index contributed by atoms with van der Waals surface area (Å²) < 4.78 is 183. The van der Waals surface area contributed by atoms with Crippen molar-refractivity contribution in [3.63, 3.8) is 0 Å². The molecule has 0 aromatic heterocycles. The third kappa shape index (κ3) is 11.9. The Morgan fingerprint density at radius 3 is 1.79 bits per heavy atom. The summed E-state index contributed by atoms with van der Waals surface area (Å²) in [5.41, 5.74) is 0.311. The molecule has 0 spiro atoms. The SMILES string of the molecule is COCCN1C(=CC=CC=CC2=[N+](CCCCCC(=O)ON3C(=O)CCC3=O)c3ccc4c(S(=O)(=O)O)cc(S(=O)(=O)O)cc4c3C2(C)C)C(C)(CCCS(=O)(=O)O)c2c1ccc1c(S(=O)(=O)O)cc(S(=O)(=O)O)cc21. The van der Waals surface area contributed by atoms with Gasteiger partial charge in [-0.2, -0.15) is 46.7 Å². The lowest BCUT2D eigenvalue weighted by Crippen LogP contribution is -2.31. The first kappa shape index (κ1) is 57.9. The number of hydrogen-bond donors (Lipinski definition) is 5. The molecule has 1 unspecified atom stereocenters. The summed E-state index contributed by atoms with van der Waals surface area (Å²) >= 11 is 0. The van der Waals surface area contributed by atoms with Crippen LogP contribution in [0.25, 0.3) is 21.5 Å². The molecular formula is C48H54N3O20S5+. The van der Waals surface area contributed by atoms with E-state index in [1.165, 1.54) is 25.3 Å². The zero-order valence-electron chi connectivity index (χ0n) is 41.2. The fourth-order valence-corrected chi connectivity index (χ4v) is 13.5. The summed E-state index contributed by atoms with van der Waals surface area (Å²) in [5.74, 6) is -2.71. The molecule has 0 aliphatic carbocycles. The average Bonchev–Trinajstić information content (AvgIpc) is 3.84. The second-order valence-electron chi connectivity index (χ2n) is 19.0. The highest BCUT2D eigenvalue weighted by atomic mass is 32.2. The Labute approximate surface area is 438 Å². The van der Waals surface area contributed by atoms with Gasteiger partial charge in [0, 0.05) is 84.6 Å². The minimum Gasteiger partial charge on any atom is -0.383 e. The second-order valence-corrected chi connectivity index (χ2v) is 26.2. The van der Waals surface area contributed by atoms with Crippen molar-refractivity contribution >= 4 is 107 Å². The van der Waals surface area contributed by atoms with Crippen molar-refractivity contribution in [2.45, 2.75) is 103 Å². The van der Waals surface area contributed by atoms with E-state index in [1.807, 2.05) is 4.58 Å². The van der Waals surface area contributed by atoms with Gasteiger partial charge in [0.1, 0.15) is 16.3 Å². The molecule has 0 radical (unpaired) electrons. The molecule has 1 atom stereocenters. The van der Waals surface area contributed by atoms with Crippen LogP contribution in [0, 0.1) is 0 Å². The Morgan fingerprint density at radius 1 is 0.684 bits per heavy atom. The summed E-state index contributed by atoms with van der Waals surface area (Å²) in [4.78, 5) is 40.0. The molecule has 0 bridgehead atoms. The number of hydroxylamine groups is 2. The number of benzene rings is 4. The van der Waals surface area contributed by atoms with Crippen molar-refractivity contribution < 1.29 is 93.4 Å². The first-order valence-corrected chi connectivity index (χ1v) is 30.7. The zero-order valence-corrected chi connectivity index (χ0v) is 45.3. The van der Waals surface area contributed by atoms with Crippen LogP contribution in [0.15, 0.2) is 104 Å². The molecule has 4 aromatic carbocycles. The number of imide groups is 1. The maximum atomic E-state index is 12.7. The standard InChI is InChI=1S/C48H53N3O20S5/c1-47(2)40(49(22-10-6-9-14-44(54)71-51-42(52)19-20-43(51)53)36-17-15-32-34(45(36)47)26-30(73(58,59)60)28-38(32)75(64,65)66)12-7-5-8-13-41-48(3,21-11-25-72(55,56)57)46-35-27-31(74(61,62)63)29-39(76(67,68)69)33(35)16-18-37(46)50(41)23-24-70-4/h5,7-8,12-13,15-18,26-29H,6,9-11,14,19-25H2,1-4H3,(H4-,55,56,57,58,59,60,61,62,63,64,65,66,67,68,69)/p+1. The summed E-state index contributed by atoms with van der Waals surface area (Å²) in [6.45, 7) is 5.78. The Kier molecular flexibility index (Phi) is 16.2. The van der Waals surface area contributed by atoms with Crippen LogP contribution >= 0.6 is 0 Å². The fraction of sp³-hybridized carbons (Fsp3) is 0.375. The molecule has 2 amide bonds. The Hall–Kier alpha value is -5.79. The number of allylic oxidation sites excluding steroid dienone is 6. The van der Waals surface area contributed by atoms with Crippen LogP contribution in [-0.4, -0.2) is 131 Å². The molecule has 1 fully saturated rings. The van der Waals surface area contributed by atoms with E-state index in [9.17, 15) is 79.2 Å². The van der Waals surface area contributed by atoms with Gasteiger partial charge in [0.2, 0.25) is 5.69 Å². The molecule has 4 aromatic rings. The monoisotopic (exact) mass is 1150 g/mol. The van der Waals surface area contributed by atoms with Crippen LogP contribution < -0.4 is 4.90 Å². The van der Waals surface area contributed by atoms with Crippen LogP contribution in [0.2, 0.25) is 0 Å². The van der Waals surface area contributed by atoms with Gasteiger partial charge >= 0.3 is 5.97 Å². The number of hydrogen-bond acceptors (Lipinski definition) is 16. The average molecular weight is 1150 g/mol. The van der Waals surface area contributed by atoms with Crippen LogP contribution in [0.5, 0.6) is 0 Å². The normalized spacial score (nSPS) is 18.9. The predicted octanol–water partition coefficient (Wildman–Crippen LogP) is 5.61. The van der Waals surface area contributed by atoms with Gasteiger partial charge in [0.05, 0.1) is 27.6 Å². The number of ether oxygens (including phenoxy) is 1. The van der Waals surface area contributed by atoms with E-state index in [-0.39, 0.29) is 79.8 Å². The van der Waals surface area contributed by atoms with Crippen molar-refractivity contribution in [2.24, 2.45) is 0 Å². The van der Waals surface area contributed by atoms with Crippen LogP contribution in [0.3, 0.4) is 0 Å². The Bertz CT molecular complexity index is 3810. The third-order valence-corrected chi connectivity index (χ3v) is 17.8. The molecule has 1 saturated heterocycles. The van der Waals surface area contributed by atoms with Crippen molar-refractivity contribution in [1.29, 1.82) is 0 Å². The van der Waals surface area contributed by atoms with Crippen molar-refractivity contribution in [2.75, 3.05) is 37.5 Å². The Balaban J connectivity index is 1.32. The van der Waals surface area contributed by atoms with Gasteiger partial charge in [0.25, 0.3) is 62.4 Å². The lowest BCUT2D eigenvalue weighted by Gasteiger charge is -2.30. The topological polar surface area (TPSA) is 351 Å². The number of fused-ring (bicyclic) bond motifs is 6. The molecule has 5 N–H and O–H groups in total. The van der Waals surface area contributed by atoms with E-state index in [0.717, 1.165) is 12.1 Å². The molecule has 28 heteroatoms. The molecule has 410 valence electrons. The van der Waals surface area contributed by atoms with E-state index in [1.54, 1.807) is 62.1 Å². The van der Waals surface area contributed by atoms with Gasteiger partial charge in [-0.1, -0.05) is 24.3 Å². The van der Waals surface area contributed by atoms with Gasteiger partial charge in [0.15, 0.2) is 5.71 Å². The summed E-state index contributed by atoms with van der Waals surface area (Å²) in [6.07, 6.45) is 8.99. The number of carbonyl (C=O) groups excluding carboxylic acids is 3. The molecule has 3 heterocycles. The van der Waals surface area contributed by atoms with Crippen LogP contribution in [-0.2, 0) is 85.4 Å².